The van der Waals surface area contributed by atoms with Crippen molar-refractivity contribution in [1.29, 1.82) is 0 Å². The second kappa shape index (κ2) is 8.46. The molecule has 1 aromatic heterocycles. The molecule has 1 N–H and O–H groups in total. The number of benzene rings is 1. The maximum Gasteiger partial charge on any atom is 0.246 e. The number of aromatic nitrogens is 2. The first-order valence-electron chi connectivity index (χ1n) is 9.03. The van der Waals surface area contributed by atoms with Gasteiger partial charge in [0.05, 0.1) is 11.4 Å². The zero-order valence-corrected chi connectivity index (χ0v) is 17.4. The van der Waals surface area contributed by atoms with Crippen LogP contribution in [0.3, 0.4) is 0 Å². The highest BCUT2D eigenvalue weighted by Crippen LogP contribution is 2.23. The molecule has 9 heteroatoms. The quantitative estimate of drug-likeness (QED) is 0.767. The fraction of sp³-hybridized carbons (Fsp3) is 0.368. The summed E-state index contributed by atoms with van der Waals surface area (Å²) in [5.41, 5.74) is 1.86. The van der Waals surface area contributed by atoms with Crippen LogP contribution in [0.4, 0.5) is 0 Å². The summed E-state index contributed by atoms with van der Waals surface area (Å²) in [6, 6.07) is 7.19. The molecule has 2 heterocycles. The molecule has 0 spiro atoms. The fourth-order valence-electron chi connectivity index (χ4n) is 3.25. The average Bonchev–Trinajstić information content (AvgIpc) is 2.86. The summed E-state index contributed by atoms with van der Waals surface area (Å²) in [7, 11) is -3.64. The lowest BCUT2D eigenvalue weighted by Gasteiger charge is -2.21. The zero-order valence-electron chi connectivity index (χ0n) is 15.9. The predicted molar refractivity (Wildman–Crippen MR) is 109 cm³/mol. The average molecular weight is 423 g/mol. The van der Waals surface area contributed by atoms with Crippen molar-refractivity contribution in [2.45, 2.75) is 25.2 Å². The minimum absolute atomic E-state index is 0.134. The van der Waals surface area contributed by atoms with E-state index in [0.29, 0.717) is 42.5 Å². The maximum atomic E-state index is 13.0. The Morgan fingerprint density at radius 2 is 1.86 bits per heavy atom. The fourth-order valence-corrected chi connectivity index (χ4v) is 5.18. The maximum absolute atomic E-state index is 13.0. The van der Waals surface area contributed by atoms with Gasteiger partial charge in [0.25, 0.3) is 0 Å². The molecule has 1 aliphatic rings. The molecule has 0 bridgehead atoms. The summed E-state index contributed by atoms with van der Waals surface area (Å²) in [6.45, 7) is 4.86. The highest BCUT2D eigenvalue weighted by molar-refractivity contribution is 7.89. The summed E-state index contributed by atoms with van der Waals surface area (Å²) < 4.78 is 27.4. The number of nitrogens with zero attached hydrogens (tertiary/aromatic N) is 3. The number of halogens is 1. The molecule has 1 aromatic carbocycles. The monoisotopic (exact) mass is 422 g/mol. The molecular weight excluding hydrogens is 400 g/mol. The summed E-state index contributed by atoms with van der Waals surface area (Å²) in [5, 5.41) is 7.35. The van der Waals surface area contributed by atoms with Gasteiger partial charge in [0, 0.05) is 37.3 Å². The van der Waals surface area contributed by atoms with Crippen LogP contribution in [0.2, 0.25) is 5.02 Å². The van der Waals surface area contributed by atoms with Gasteiger partial charge in [-0.05, 0) is 44.0 Å². The molecule has 0 radical (unpaired) electrons. The van der Waals surface area contributed by atoms with Gasteiger partial charge < -0.3 is 4.90 Å². The summed E-state index contributed by atoms with van der Waals surface area (Å²) in [5.74, 6) is -0.134. The summed E-state index contributed by atoms with van der Waals surface area (Å²) >= 11 is 5.86. The molecule has 7 nitrogen and oxygen atoms in total. The smallest absolute Gasteiger partial charge is 0.246 e. The third-order valence-electron chi connectivity index (χ3n) is 4.71. The first-order chi connectivity index (χ1) is 13.3. The van der Waals surface area contributed by atoms with Crippen molar-refractivity contribution in [1.82, 2.24) is 19.4 Å². The van der Waals surface area contributed by atoms with Crippen molar-refractivity contribution in [2.24, 2.45) is 0 Å². The Balaban J connectivity index is 1.67. The third kappa shape index (κ3) is 4.45. The lowest BCUT2D eigenvalue weighted by Crippen LogP contribution is -2.37. The second-order valence-corrected chi connectivity index (χ2v) is 9.04. The molecule has 28 heavy (non-hydrogen) atoms. The second-order valence-electron chi connectivity index (χ2n) is 6.73. The highest BCUT2D eigenvalue weighted by Gasteiger charge is 2.31. The van der Waals surface area contributed by atoms with Crippen molar-refractivity contribution in [3.05, 3.63) is 52.3 Å². The van der Waals surface area contributed by atoms with Crippen LogP contribution in [0.1, 0.15) is 23.4 Å². The van der Waals surface area contributed by atoms with E-state index in [4.69, 9.17) is 11.6 Å². The van der Waals surface area contributed by atoms with Gasteiger partial charge in [-0.15, -0.1) is 0 Å². The van der Waals surface area contributed by atoms with E-state index in [-0.39, 0.29) is 17.3 Å². The predicted octanol–water partition coefficient (Wildman–Crippen LogP) is 2.62. The first-order valence-corrected chi connectivity index (χ1v) is 10.8. The molecule has 0 unspecified atom stereocenters. The number of H-pyrrole nitrogens is 1. The normalized spacial score (nSPS) is 16.5. The van der Waals surface area contributed by atoms with E-state index in [9.17, 15) is 13.2 Å². The van der Waals surface area contributed by atoms with Gasteiger partial charge in [-0.25, -0.2) is 8.42 Å². The van der Waals surface area contributed by atoms with Crippen molar-refractivity contribution in [2.75, 3.05) is 26.2 Å². The summed E-state index contributed by atoms with van der Waals surface area (Å²) in [4.78, 5) is 14.4. The van der Waals surface area contributed by atoms with Crippen LogP contribution >= 0.6 is 11.6 Å². The largest absolute Gasteiger partial charge is 0.338 e. The van der Waals surface area contributed by atoms with Gasteiger partial charge in [0.2, 0.25) is 15.9 Å². The lowest BCUT2D eigenvalue weighted by molar-refractivity contribution is -0.125. The molecule has 1 aliphatic heterocycles. The number of sulfonamides is 1. The van der Waals surface area contributed by atoms with Crippen LogP contribution in [0, 0.1) is 13.8 Å². The lowest BCUT2D eigenvalue weighted by atomic mass is 10.2. The van der Waals surface area contributed by atoms with Crippen molar-refractivity contribution in [3.63, 3.8) is 0 Å². The Morgan fingerprint density at radius 3 is 2.50 bits per heavy atom. The van der Waals surface area contributed by atoms with E-state index in [1.54, 1.807) is 37.0 Å². The molecular formula is C19H23ClN4O3S. The number of rotatable bonds is 4. The summed E-state index contributed by atoms with van der Waals surface area (Å²) in [6.07, 6.45) is 3.82. The zero-order chi connectivity index (χ0) is 20.3. The molecule has 3 rings (SSSR count). The number of hydrogen-bond acceptors (Lipinski definition) is 4. The Hall–Kier alpha value is -2.16. The van der Waals surface area contributed by atoms with E-state index < -0.39 is 10.0 Å². The minimum atomic E-state index is -3.64. The van der Waals surface area contributed by atoms with Gasteiger partial charge in [-0.3, -0.25) is 9.89 Å². The molecule has 0 saturated carbocycles. The number of hydrogen-bond donors (Lipinski definition) is 1. The van der Waals surface area contributed by atoms with E-state index in [1.165, 1.54) is 10.4 Å². The van der Waals surface area contributed by atoms with Crippen LogP contribution < -0.4 is 0 Å². The van der Waals surface area contributed by atoms with E-state index >= 15 is 0 Å². The van der Waals surface area contributed by atoms with Crippen molar-refractivity contribution >= 4 is 33.6 Å². The number of carbonyl (C=O) groups is 1. The van der Waals surface area contributed by atoms with Gasteiger partial charge >= 0.3 is 0 Å². The Morgan fingerprint density at radius 1 is 1.14 bits per heavy atom. The van der Waals surface area contributed by atoms with Crippen LogP contribution in [-0.4, -0.2) is 59.9 Å². The third-order valence-corrected chi connectivity index (χ3v) is 7.13. The highest BCUT2D eigenvalue weighted by atomic mass is 35.5. The molecule has 0 aliphatic carbocycles. The Labute approximate surface area is 170 Å². The molecule has 1 saturated heterocycles. The van der Waals surface area contributed by atoms with Gasteiger partial charge in [-0.1, -0.05) is 23.7 Å². The van der Waals surface area contributed by atoms with Crippen LogP contribution in [0.15, 0.2) is 35.2 Å². The Kier molecular flexibility index (Phi) is 6.22. The number of aryl methyl sites for hydroxylation is 2. The molecule has 0 atom stereocenters. The van der Waals surface area contributed by atoms with E-state index in [1.807, 2.05) is 12.1 Å². The molecule has 1 fully saturated rings. The van der Waals surface area contributed by atoms with Gasteiger partial charge in [0.15, 0.2) is 0 Å². The van der Waals surface area contributed by atoms with Crippen LogP contribution in [-0.2, 0) is 14.8 Å². The standard InChI is InChI=1S/C19H23ClN4O3S/c1-14-19(15(2)22-21-14)28(26,27)24-11-3-10-23(12-13-24)18(25)9-6-16-4-7-17(20)8-5-16/h4-9H,3,10-13H2,1-2H3,(H,21,22)/b9-6+. The van der Waals surface area contributed by atoms with Crippen molar-refractivity contribution < 1.29 is 13.2 Å². The molecule has 1 amide bonds. The Bertz CT molecular complexity index is 964. The van der Waals surface area contributed by atoms with Crippen molar-refractivity contribution in [3.8, 4) is 0 Å². The number of amides is 1. The number of carbonyl (C=O) groups excluding carboxylic acids is 1. The van der Waals surface area contributed by atoms with Gasteiger partial charge in [0.1, 0.15) is 4.90 Å². The topological polar surface area (TPSA) is 86.4 Å². The molecule has 150 valence electrons. The number of nitrogens with one attached hydrogen (secondary N) is 1. The van der Waals surface area contributed by atoms with E-state index in [2.05, 4.69) is 10.2 Å². The molecule has 2 aromatic rings. The first kappa shape index (κ1) is 20.6. The van der Waals surface area contributed by atoms with E-state index in [0.717, 1.165) is 5.56 Å². The number of aromatic amines is 1. The van der Waals surface area contributed by atoms with Crippen LogP contribution in [0.5, 0.6) is 0 Å². The SMILES string of the molecule is Cc1n[nH]c(C)c1S(=O)(=O)N1CCCN(C(=O)/C=C/c2ccc(Cl)cc2)CC1. The minimum Gasteiger partial charge on any atom is -0.338 e. The van der Waals surface area contributed by atoms with Crippen LogP contribution in [0.25, 0.3) is 6.08 Å². The van der Waals surface area contributed by atoms with Gasteiger partial charge in [-0.2, -0.15) is 9.40 Å².